The van der Waals surface area contributed by atoms with Crippen LogP contribution in [0.1, 0.15) is 21.9 Å². The molecule has 1 aliphatic rings. The normalized spacial score (nSPS) is 15.3. The van der Waals surface area contributed by atoms with Gasteiger partial charge in [0.25, 0.3) is 5.24 Å². The van der Waals surface area contributed by atoms with Crippen molar-refractivity contribution in [2.45, 2.75) is 13.5 Å². The van der Waals surface area contributed by atoms with E-state index in [1.54, 1.807) is 6.92 Å². The lowest BCUT2D eigenvalue weighted by Crippen LogP contribution is -2.29. The topological polar surface area (TPSA) is 106 Å². The highest BCUT2D eigenvalue weighted by Gasteiger charge is 2.31. The number of carbonyl (C=O) groups is 3. The fourth-order valence-electron chi connectivity index (χ4n) is 1.56. The van der Waals surface area contributed by atoms with Crippen molar-refractivity contribution in [2.24, 2.45) is 5.84 Å². The maximum Gasteiger partial charge on any atom is 0.300 e. The highest BCUT2D eigenvalue weighted by atomic mass is 32.2. The molecule has 1 aliphatic heterocycles. The molecule has 0 aliphatic carbocycles. The molecule has 0 aromatic carbocycles. The number of imide groups is 1. The molecule has 1 fully saturated rings. The summed E-state index contributed by atoms with van der Waals surface area (Å²) in [6, 6.07) is 1.47. The van der Waals surface area contributed by atoms with Crippen LogP contribution >= 0.6 is 11.8 Å². The fourth-order valence-corrected chi connectivity index (χ4v) is 2.29. The first kappa shape index (κ1) is 12.7. The molecule has 1 saturated heterocycles. The number of hydrogen-bond acceptors (Lipinski definition) is 6. The maximum absolute atomic E-state index is 11.5. The van der Waals surface area contributed by atoms with E-state index in [2.05, 4.69) is 0 Å². The van der Waals surface area contributed by atoms with Gasteiger partial charge in [0.15, 0.2) is 5.76 Å². The molecule has 7 nitrogen and oxygen atoms in total. The van der Waals surface area contributed by atoms with Gasteiger partial charge in [-0.1, -0.05) is 11.8 Å². The number of furan rings is 1. The van der Waals surface area contributed by atoms with E-state index in [1.807, 2.05) is 5.43 Å². The Kier molecular flexibility index (Phi) is 3.39. The van der Waals surface area contributed by atoms with Gasteiger partial charge in [-0.25, -0.2) is 5.84 Å². The van der Waals surface area contributed by atoms with Crippen LogP contribution in [0.2, 0.25) is 0 Å². The fraction of sp³-hybridized carbons (Fsp3) is 0.300. The van der Waals surface area contributed by atoms with Gasteiger partial charge in [-0.05, 0) is 13.0 Å². The van der Waals surface area contributed by atoms with Crippen molar-refractivity contribution in [1.29, 1.82) is 0 Å². The number of rotatable bonds is 3. The predicted octanol–water partition coefficient (Wildman–Crippen LogP) is 0.387. The molecule has 96 valence electrons. The Morgan fingerprint density at radius 1 is 1.61 bits per heavy atom. The number of amides is 3. The van der Waals surface area contributed by atoms with E-state index in [0.29, 0.717) is 11.3 Å². The summed E-state index contributed by atoms with van der Waals surface area (Å²) in [5.74, 6) is 4.88. The van der Waals surface area contributed by atoms with Gasteiger partial charge in [-0.15, -0.1) is 0 Å². The van der Waals surface area contributed by atoms with Crippen LogP contribution in [0.3, 0.4) is 0 Å². The Hall–Kier alpha value is -1.80. The summed E-state index contributed by atoms with van der Waals surface area (Å²) in [5, 5.41) is -0.287. The van der Waals surface area contributed by atoms with Crippen molar-refractivity contribution >= 4 is 28.8 Å². The zero-order chi connectivity index (χ0) is 13.3. The smallest absolute Gasteiger partial charge is 0.300 e. The molecule has 1 aromatic heterocycles. The number of aryl methyl sites for hydroxylation is 1. The van der Waals surface area contributed by atoms with Gasteiger partial charge in [-0.2, -0.15) is 0 Å². The summed E-state index contributed by atoms with van der Waals surface area (Å²) >= 11 is 0.964. The molecule has 18 heavy (non-hydrogen) atoms. The number of hydrazine groups is 1. The van der Waals surface area contributed by atoms with E-state index >= 15 is 0 Å². The number of nitrogens with two attached hydrogens (primary N) is 1. The molecular weight excluding hydrogens is 258 g/mol. The average Bonchev–Trinajstić information content (AvgIpc) is 2.86. The van der Waals surface area contributed by atoms with Crippen molar-refractivity contribution in [3.05, 3.63) is 23.2 Å². The average molecular weight is 269 g/mol. The van der Waals surface area contributed by atoms with Crippen LogP contribution in [0.4, 0.5) is 4.79 Å². The van der Waals surface area contributed by atoms with Gasteiger partial charge in [0.1, 0.15) is 5.76 Å². The molecular formula is C10H11N3O4S. The molecule has 2 heterocycles. The molecule has 0 spiro atoms. The zero-order valence-corrected chi connectivity index (χ0v) is 10.4. The van der Waals surface area contributed by atoms with Crippen LogP contribution in [0, 0.1) is 6.92 Å². The SMILES string of the molecule is Cc1oc(C(=O)NN)cc1CN1C(=O)CSC1=O. The molecule has 0 unspecified atom stereocenters. The third-order valence-electron chi connectivity index (χ3n) is 2.54. The summed E-state index contributed by atoms with van der Waals surface area (Å²) in [5.41, 5.74) is 2.56. The Morgan fingerprint density at radius 3 is 2.89 bits per heavy atom. The number of nitrogen functional groups attached to an aromatic ring is 1. The van der Waals surface area contributed by atoms with E-state index in [0.717, 1.165) is 16.7 Å². The standard InChI is InChI=1S/C10H11N3O4S/c1-5-6(2-7(17-5)9(15)12-11)3-13-8(14)4-18-10(13)16/h2H,3-4,11H2,1H3,(H,12,15). The van der Waals surface area contributed by atoms with Crippen molar-refractivity contribution in [3.63, 3.8) is 0 Å². The Morgan fingerprint density at radius 2 is 2.33 bits per heavy atom. The van der Waals surface area contributed by atoms with Crippen LogP contribution in [0.25, 0.3) is 0 Å². The second-order valence-corrected chi connectivity index (χ2v) is 4.63. The quantitative estimate of drug-likeness (QED) is 0.467. The molecule has 0 bridgehead atoms. The zero-order valence-electron chi connectivity index (χ0n) is 9.56. The summed E-state index contributed by atoms with van der Waals surface area (Å²) in [4.78, 5) is 35.3. The lowest BCUT2D eigenvalue weighted by molar-refractivity contribution is -0.125. The van der Waals surface area contributed by atoms with E-state index < -0.39 is 5.91 Å². The maximum atomic E-state index is 11.5. The minimum absolute atomic E-state index is 0.0525. The molecule has 2 rings (SSSR count). The predicted molar refractivity (Wildman–Crippen MR) is 63.5 cm³/mol. The minimum atomic E-state index is -0.558. The van der Waals surface area contributed by atoms with Gasteiger partial charge in [0.2, 0.25) is 5.91 Å². The number of nitrogens with one attached hydrogen (secondary N) is 1. The molecule has 3 N–H and O–H groups in total. The number of hydrogen-bond donors (Lipinski definition) is 2. The van der Waals surface area contributed by atoms with Crippen LogP contribution < -0.4 is 11.3 Å². The summed E-state index contributed by atoms with van der Waals surface area (Å²) in [6.45, 7) is 1.76. The van der Waals surface area contributed by atoms with Crippen LogP contribution in [-0.4, -0.2) is 27.7 Å². The van der Waals surface area contributed by atoms with E-state index in [9.17, 15) is 14.4 Å². The summed E-state index contributed by atoms with van der Waals surface area (Å²) in [7, 11) is 0. The molecule has 0 saturated carbocycles. The third-order valence-corrected chi connectivity index (χ3v) is 3.40. The number of carbonyl (C=O) groups excluding carboxylic acids is 3. The van der Waals surface area contributed by atoms with E-state index in [1.165, 1.54) is 6.07 Å². The Bertz CT molecular complexity index is 509. The van der Waals surface area contributed by atoms with Crippen LogP contribution in [0.15, 0.2) is 10.5 Å². The largest absolute Gasteiger partial charge is 0.456 e. The van der Waals surface area contributed by atoms with Crippen LogP contribution in [0.5, 0.6) is 0 Å². The molecule has 3 amide bonds. The van der Waals surface area contributed by atoms with Gasteiger partial charge in [-0.3, -0.25) is 24.7 Å². The van der Waals surface area contributed by atoms with Crippen molar-refractivity contribution in [3.8, 4) is 0 Å². The minimum Gasteiger partial charge on any atom is -0.456 e. The highest BCUT2D eigenvalue weighted by molar-refractivity contribution is 8.14. The van der Waals surface area contributed by atoms with Gasteiger partial charge in [0.05, 0.1) is 12.3 Å². The Labute approximate surface area is 107 Å². The number of nitrogens with zero attached hydrogens (tertiary/aromatic N) is 1. The molecule has 0 radical (unpaired) electrons. The summed E-state index contributed by atoms with van der Waals surface area (Å²) < 4.78 is 5.20. The van der Waals surface area contributed by atoms with Crippen molar-refractivity contribution < 1.29 is 18.8 Å². The van der Waals surface area contributed by atoms with Crippen molar-refractivity contribution in [2.75, 3.05) is 5.75 Å². The van der Waals surface area contributed by atoms with Gasteiger partial charge in [0, 0.05) is 5.56 Å². The molecule has 1 aromatic rings. The highest BCUT2D eigenvalue weighted by Crippen LogP contribution is 2.23. The molecule has 0 atom stereocenters. The van der Waals surface area contributed by atoms with E-state index in [4.69, 9.17) is 10.3 Å². The third kappa shape index (κ3) is 2.24. The lowest BCUT2D eigenvalue weighted by Gasteiger charge is -2.11. The first-order valence-corrected chi connectivity index (χ1v) is 6.09. The summed E-state index contributed by atoms with van der Waals surface area (Å²) in [6.07, 6.45) is 0. The number of thioether (sulfide) groups is 1. The lowest BCUT2D eigenvalue weighted by atomic mass is 10.2. The first-order valence-electron chi connectivity index (χ1n) is 5.10. The van der Waals surface area contributed by atoms with Gasteiger partial charge >= 0.3 is 5.91 Å². The second kappa shape index (κ2) is 4.83. The molecule has 8 heteroatoms. The monoisotopic (exact) mass is 269 g/mol. The Balaban J connectivity index is 2.19. The van der Waals surface area contributed by atoms with Gasteiger partial charge < -0.3 is 4.42 Å². The van der Waals surface area contributed by atoms with E-state index in [-0.39, 0.29) is 29.2 Å². The van der Waals surface area contributed by atoms with Crippen LogP contribution in [-0.2, 0) is 11.3 Å². The van der Waals surface area contributed by atoms with Crippen molar-refractivity contribution in [1.82, 2.24) is 10.3 Å². The first-order chi connectivity index (χ1) is 8.52. The second-order valence-electron chi connectivity index (χ2n) is 3.70.